The van der Waals surface area contributed by atoms with Gasteiger partial charge < -0.3 is 10.1 Å². The van der Waals surface area contributed by atoms with Crippen LogP contribution in [0.15, 0.2) is 79.0 Å². The molecule has 0 saturated carbocycles. The van der Waals surface area contributed by atoms with Crippen molar-refractivity contribution in [2.75, 3.05) is 12.4 Å². The number of nitrogens with one attached hydrogen (secondary N) is 1. The van der Waals surface area contributed by atoms with E-state index in [4.69, 9.17) is 4.74 Å². The summed E-state index contributed by atoms with van der Waals surface area (Å²) in [6, 6.07) is 21.2. The van der Waals surface area contributed by atoms with Crippen LogP contribution in [0.25, 0.3) is 16.9 Å². The van der Waals surface area contributed by atoms with E-state index in [0.29, 0.717) is 28.3 Å². The van der Waals surface area contributed by atoms with Gasteiger partial charge in [0.2, 0.25) is 0 Å². The van der Waals surface area contributed by atoms with Gasteiger partial charge in [-0.05, 0) is 48.9 Å². The van der Waals surface area contributed by atoms with Crippen LogP contribution in [0, 0.1) is 12.7 Å². The first-order chi connectivity index (χ1) is 14.6. The van der Waals surface area contributed by atoms with E-state index < -0.39 is 5.82 Å². The van der Waals surface area contributed by atoms with Gasteiger partial charge in [0, 0.05) is 17.4 Å². The van der Waals surface area contributed by atoms with Gasteiger partial charge in [0.05, 0.1) is 18.4 Å². The second-order valence-electron chi connectivity index (χ2n) is 6.79. The quantitative estimate of drug-likeness (QED) is 0.497. The minimum Gasteiger partial charge on any atom is -0.496 e. The molecule has 4 rings (SSSR count). The van der Waals surface area contributed by atoms with Crippen molar-refractivity contribution < 1.29 is 13.9 Å². The van der Waals surface area contributed by atoms with E-state index in [1.54, 1.807) is 24.1 Å². The molecule has 1 aromatic heterocycles. The third-order valence-electron chi connectivity index (χ3n) is 4.79. The number of para-hydroxylation sites is 2. The predicted molar refractivity (Wildman–Crippen MR) is 115 cm³/mol. The maximum absolute atomic E-state index is 13.7. The molecule has 0 spiro atoms. The summed E-state index contributed by atoms with van der Waals surface area (Å²) < 4.78 is 20.8. The van der Waals surface area contributed by atoms with Crippen LogP contribution in [0.4, 0.5) is 10.1 Å². The lowest BCUT2D eigenvalue weighted by Gasteiger charge is -2.10. The number of rotatable bonds is 5. The van der Waals surface area contributed by atoms with Crippen LogP contribution in [0.3, 0.4) is 0 Å². The second kappa shape index (κ2) is 8.21. The maximum atomic E-state index is 13.7. The summed E-state index contributed by atoms with van der Waals surface area (Å²) in [5.74, 6) is -0.195. The van der Waals surface area contributed by atoms with Gasteiger partial charge in [-0.3, -0.25) is 4.79 Å². The zero-order chi connectivity index (χ0) is 21.1. The number of carbonyl (C=O) groups excluding carboxylic acids is 1. The molecule has 3 aromatic carbocycles. The summed E-state index contributed by atoms with van der Waals surface area (Å²) in [6.07, 6.45) is 1.67. The maximum Gasteiger partial charge on any atom is 0.259 e. The minimum atomic E-state index is -0.416. The lowest BCUT2D eigenvalue weighted by Crippen LogP contribution is -2.13. The van der Waals surface area contributed by atoms with Crippen molar-refractivity contribution in [1.82, 2.24) is 9.78 Å². The first-order valence-corrected chi connectivity index (χ1v) is 9.43. The molecule has 4 aromatic rings. The third kappa shape index (κ3) is 3.80. The first kappa shape index (κ1) is 19.4. The Labute approximate surface area is 173 Å². The summed E-state index contributed by atoms with van der Waals surface area (Å²) in [7, 11) is 1.57. The van der Waals surface area contributed by atoms with E-state index in [0.717, 1.165) is 11.3 Å². The molecule has 1 amide bonds. The van der Waals surface area contributed by atoms with Gasteiger partial charge in [-0.15, -0.1) is 0 Å². The molecule has 1 heterocycles. The number of methoxy groups -OCH3 is 1. The van der Waals surface area contributed by atoms with Crippen molar-refractivity contribution in [2.45, 2.75) is 6.92 Å². The molecular weight excluding hydrogens is 381 g/mol. The number of anilines is 1. The number of hydrogen-bond acceptors (Lipinski definition) is 3. The highest BCUT2D eigenvalue weighted by molar-refractivity contribution is 6.08. The monoisotopic (exact) mass is 401 g/mol. The minimum absolute atomic E-state index is 0.354. The molecule has 30 heavy (non-hydrogen) atoms. The van der Waals surface area contributed by atoms with E-state index in [2.05, 4.69) is 10.4 Å². The van der Waals surface area contributed by atoms with E-state index >= 15 is 0 Å². The standard InChI is InChI=1S/C24H20FN3O2/c1-16-12-13-17(25)14-21(16)26-24(29)20-15-28(18-8-4-3-5-9-18)27-23(20)19-10-6-7-11-22(19)30-2/h3-15H,1-2H3,(H,26,29). The Morgan fingerprint density at radius 2 is 1.77 bits per heavy atom. The van der Waals surface area contributed by atoms with Crippen LogP contribution in [0.1, 0.15) is 15.9 Å². The Hall–Kier alpha value is -3.93. The van der Waals surface area contributed by atoms with Gasteiger partial charge in [-0.25, -0.2) is 9.07 Å². The molecule has 0 aliphatic carbocycles. The number of amides is 1. The highest BCUT2D eigenvalue weighted by Crippen LogP contribution is 2.32. The van der Waals surface area contributed by atoms with E-state index in [9.17, 15) is 9.18 Å². The molecule has 0 bridgehead atoms. The Balaban J connectivity index is 1.82. The van der Waals surface area contributed by atoms with E-state index in [1.807, 2.05) is 61.5 Å². The van der Waals surface area contributed by atoms with Gasteiger partial charge in [0.25, 0.3) is 5.91 Å². The van der Waals surface area contributed by atoms with Crippen molar-refractivity contribution in [3.8, 4) is 22.7 Å². The Morgan fingerprint density at radius 3 is 2.53 bits per heavy atom. The zero-order valence-electron chi connectivity index (χ0n) is 16.6. The van der Waals surface area contributed by atoms with Crippen molar-refractivity contribution >= 4 is 11.6 Å². The summed E-state index contributed by atoms with van der Waals surface area (Å²) in [6.45, 7) is 1.81. The summed E-state index contributed by atoms with van der Waals surface area (Å²) in [4.78, 5) is 13.2. The Morgan fingerprint density at radius 1 is 1.03 bits per heavy atom. The number of benzene rings is 3. The summed E-state index contributed by atoms with van der Waals surface area (Å²) in [5, 5.41) is 7.47. The molecule has 6 heteroatoms. The fourth-order valence-electron chi connectivity index (χ4n) is 3.21. The number of ether oxygens (including phenoxy) is 1. The average molecular weight is 401 g/mol. The van der Waals surface area contributed by atoms with Gasteiger partial charge in [0.15, 0.2) is 0 Å². The molecule has 0 saturated heterocycles. The number of aromatic nitrogens is 2. The van der Waals surface area contributed by atoms with Crippen LogP contribution >= 0.6 is 0 Å². The molecule has 1 N–H and O–H groups in total. The Kier molecular flexibility index (Phi) is 5.30. The molecule has 0 aliphatic heterocycles. The highest BCUT2D eigenvalue weighted by Gasteiger charge is 2.21. The largest absolute Gasteiger partial charge is 0.496 e. The number of carbonyl (C=O) groups is 1. The number of hydrogen-bond donors (Lipinski definition) is 1. The molecule has 0 fully saturated rings. The van der Waals surface area contributed by atoms with Crippen molar-refractivity contribution in [2.24, 2.45) is 0 Å². The molecular formula is C24H20FN3O2. The second-order valence-corrected chi connectivity index (χ2v) is 6.79. The normalized spacial score (nSPS) is 10.6. The van der Waals surface area contributed by atoms with Crippen LogP contribution in [0.2, 0.25) is 0 Å². The lowest BCUT2D eigenvalue weighted by molar-refractivity contribution is 0.102. The Bertz CT molecular complexity index is 1200. The van der Waals surface area contributed by atoms with Gasteiger partial charge in [0.1, 0.15) is 17.3 Å². The first-order valence-electron chi connectivity index (χ1n) is 9.43. The number of aryl methyl sites for hydroxylation is 1. The van der Waals surface area contributed by atoms with E-state index in [-0.39, 0.29) is 5.91 Å². The van der Waals surface area contributed by atoms with Crippen LogP contribution in [-0.2, 0) is 0 Å². The molecule has 0 atom stereocenters. The smallest absolute Gasteiger partial charge is 0.259 e. The van der Waals surface area contributed by atoms with Crippen molar-refractivity contribution in [3.63, 3.8) is 0 Å². The molecule has 0 aliphatic rings. The lowest BCUT2D eigenvalue weighted by atomic mass is 10.1. The fraction of sp³-hybridized carbons (Fsp3) is 0.0833. The van der Waals surface area contributed by atoms with Crippen molar-refractivity contribution in [1.29, 1.82) is 0 Å². The van der Waals surface area contributed by atoms with Crippen LogP contribution < -0.4 is 10.1 Å². The SMILES string of the molecule is COc1ccccc1-c1nn(-c2ccccc2)cc1C(=O)Nc1cc(F)ccc1C. The zero-order valence-corrected chi connectivity index (χ0v) is 16.6. The predicted octanol–water partition coefficient (Wildman–Crippen LogP) is 5.25. The number of halogens is 1. The van der Waals surface area contributed by atoms with E-state index in [1.165, 1.54) is 12.1 Å². The molecule has 0 unspecified atom stereocenters. The average Bonchev–Trinajstić information content (AvgIpc) is 3.22. The molecule has 5 nitrogen and oxygen atoms in total. The molecule has 0 radical (unpaired) electrons. The van der Waals surface area contributed by atoms with Crippen LogP contribution in [-0.4, -0.2) is 22.8 Å². The summed E-state index contributed by atoms with van der Waals surface area (Å²) >= 11 is 0. The van der Waals surface area contributed by atoms with Gasteiger partial charge in [-0.2, -0.15) is 5.10 Å². The fourth-order valence-corrected chi connectivity index (χ4v) is 3.21. The topological polar surface area (TPSA) is 56.2 Å². The summed E-state index contributed by atoms with van der Waals surface area (Å²) in [5.41, 5.74) is 3.51. The van der Waals surface area contributed by atoms with Crippen molar-refractivity contribution in [3.05, 3.63) is 95.9 Å². The van der Waals surface area contributed by atoms with Gasteiger partial charge in [-0.1, -0.05) is 36.4 Å². The van der Waals surface area contributed by atoms with Crippen LogP contribution in [0.5, 0.6) is 5.75 Å². The number of nitrogens with zero attached hydrogens (tertiary/aromatic N) is 2. The third-order valence-corrected chi connectivity index (χ3v) is 4.79. The van der Waals surface area contributed by atoms with Gasteiger partial charge >= 0.3 is 0 Å². The highest BCUT2D eigenvalue weighted by atomic mass is 19.1. The molecule has 150 valence electrons.